The number of fused-ring (bicyclic) bond motifs is 1. The zero-order chi connectivity index (χ0) is 14.3. The van der Waals surface area contributed by atoms with Crippen LogP contribution < -0.4 is 0 Å². The molecule has 0 saturated carbocycles. The van der Waals surface area contributed by atoms with E-state index in [0.29, 0.717) is 5.02 Å². The van der Waals surface area contributed by atoms with Crippen LogP contribution in [0.4, 0.5) is 0 Å². The maximum Gasteiger partial charge on any atom is 0.110 e. The van der Waals surface area contributed by atoms with Gasteiger partial charge in [0.1, 0.15) is 6.10 Å². The molecule has 0 aliphatic carbocycles. The molecule has 0 radical (unpaired) electrons. The highest BCUT2D eigenvalue weighted by Crippen LogP contribution is 2.43. The molecule has 1 aliphatic rings. The van der Waals surface area contributed by atoms with Crippen LogP contribution in [-0.2, 0) is 6.42 Å². The maximum absolute atomic E-state index is 10.7. The second-order valence-electron chi connectivity index (χ2n) is 5.33. The van der Waals surface area contributed by atoms with E-state index in [2.05, 4.69) is 17.2 Å². The second-order valence-corrected chi connectivity index (χ2v) is 7.02. The van der Waals surface area contributed by atoms with Crippen molar-refractivity contribution in [2.75, 3.05) is 0 Å². The van der Waals surface area contributed by atoms with Gasteiger partial charge in [0.2, 0.25) is 0 Å². The van der Waals surface area contributed by atoms with Crippen molar-refractivity contribution in [2.24, 2.45) is 0 Å². The van der Waals surface area contributed by atoms with Crippen molar-refractivity contribution < 1.29 is 5.11 Å². The minimum atomic E-state index is -0.607. The SMILES string of the molecule is CC(C)n1ncc(Cl)c1C(O)C1Cc2ccccc2S1. The summed E-state index contributed by atoms with van der Waals surface area (Å²) in [6, 6.07) is 8.48. The summed E-state index contributed by atoms with van der Waals surface area (Å²) >= 11 is 7.94. The summed E-state index contributed by atoms with van der Waals surface area (Å²) in [6.45, 7) is 4.08. The lowest BCUT2D eigenvalue weighted by atomic mass is 10.0. The number of rotatable bonds is 3. The van der Waals surface area contributed by atoms with Crippen molar-refractivity contribution in [1.29, 1.82) is 0 Å². The van der Waals surface area contributed by atoms with Crippen molar-refractivity contribution in [3.8, 4) is 0 Å². The van der Waals surface area contributed by atoms with Crippen molar-refractivity contribution in [2.45, 2.75) is 42.6 Å². The fraction of sp³-hybridized carbons (Fsp3) is 0.400. The van der Waals surface area contributed by atoms with Crippen LogP contribution in [0.2, 0.25) is 5.02 Å². The summed E-state index contributed by atoms with van der Waals surface area (Å²) in [7, 11) is 0. The number of hydrogen-bond donors (Lipinski definition) is 1. The predicted molar refractivity (Wildman–Crippen MR) is 82.4 cm³/mol. The van der Waals surface area contributed by atoms with E-state index < -0.39 is 6.10 Å². The molecule has 2 atom stereocenters. The van der Waals surface area contributed by atoms with E-state index in [4.69, 9.17) is 11.6 Å². The largest absolute Gasteiger partial charge is 0.386 e. The van der Waals surface area contributed by atoms with Crippen molar-refractivity contribution >= 4 is 23.4 Å². The minimum absolute atomic E-state index is 0.0964. The maximum atomic E-state index is 10.7. The van der Waals surface area contributed by atoms with Crippen LogP contribution in [0.25, 0.3) is 0 Å². The fourth-order valence-electron chi connectivity index (χ4n) is 2.60. The van der Waals surface area contributed by atoms with Crippen LogP contribution in [0.5, 0.6) is 0 Å². The second kappa shape index (κ2) is 5.43. The van der Waals surface area contributed by atoms with E-state index in [1.54, 1.807) is 18.0 Å². The smallest absolute Gasteiger partial charge is 0.110 e. The first kappa shape index (κ1) is 14.0. The molecule has 0 spiro atoms. The van der Waals surface area contributed by atoms with E-state index in [1.165, 1.54) is 10.5 Å². The fourth-order valence-corrected chi connectivity index (χ4v) is 4.15. The summed E-state index contributed by atoms with van der Waals surface area (Å²) in [6.07, 6.45) is 1.87. The number of aliphatic hydroxyl groups is 1. The number of hydrogen-bond acceptors (Lipinski definition) is 3. The van der Waals surface area contributed by atoms with Crippen molar-refractivity contribution in [3.63, 3.8) is 0 Å². The van der Waals surface area contributed by atoms with Gasteiger partial charge in [-0.25, -0.2) is 0 Å². The normalized spacial score (nSPS) is 19.4. The van der Waals surface area contributed by atoms with Crippen molar-refractivity contribution in [3.05, 3.63) is 46.7 Å². The number of aromatic nitrogens is 2. The van der Waals surface area contributed by atoms with Gasteiger partial charge in [-0.2, -0.15) is 5.10 Å². The Kier molecular flexibility index (Phi) is 3.80. The number of benzene rings is 1. The quantitative estimate of drug-likeness (QED) is 0.935. The van der Waals surface area contributed by atoms with Gasteiger partial charge < -0.3 is 5.11 Å². The molecule has 2 unspecified atom stereocenters. The van der Waals surface area contributed by atoms with Gasteiger partial charge in [0.05, 0.1) is 16.9 Å². The predicted octanol–water partition coefficient (Wildman–Crippen LogP) is 3.87. The first-order chi connectivity index (χ1) is 9.58. The van der Waals surface area contributed by atoms with Gasteiger partial charge in [0.25, 0.3) is 0 Å². The van der Waals surface area contributed by atoms with Gasteiger partial charge in [0, 0.05) is 16.2 Å². The van der Waals surface area contributed by atoms with Gasteiger partial charge in [0.15, 0.2) is 0 Å². The van der Waals surface area contributed by atoms with Gasteiger partial charge >= 0.3 is 0 Å². The van der Waals surface area contributed by atoms with Gasteiger partial charge in [-0.1, -0.05) is 29.8 Å². The van der Waals surface area contributed by atoms with Gasteiger partial charge in [-0.05, 0) is 31.9 Å². The summed E-state index contributed by atoms with van der Waals surface area (Å²) in [4.78, 5) is 1.25. The Bertz CT molecular complexity index is 601. The highest BCUT2D eigenvalue weighted by Gasteiger charge is 2.32. The third-order valence-corrected chi connectivity index (χ3v) is 5.25. The van der Waals surface area contributed by atoms with Crippen LogP contribution in [0.1, 0.15) is 37.3 Å². The molecule has 1 aliphatic heterocycles. The molecular formula is C15H17ClN2OS. The topological polar surface area (TPSA) is 38.0 Å². The molecule has 3 nitrogen and oxygen atoms in total. The lowest BCUT2D eigenvalue weighted by molar-refractivity contribution is 0.162. The number of nitrogens with zero attached hydrogens (tertiary/aromatic N) is 2. The summed E-state index contributed by atoms with van der Waals surface area (Å²) in [5.41, 5.74) is 2.03. The van der Waals surface area contributed by atoms with E-state index in [9.17, 15) is 5.11 Å². The number of aliphatic hydroxyl groups excluding tert-OH is 1. The molecule has 1 aromatic heterocycles. The first-order valence-electron chi connectivity index (χ1n) is 6.73. The number of thioether (sulfide) groups is 1. The highest BCUT2D eigenvalue weighted by molar-refractivity contribution is 8.00. The first-order valence-corrected chi connectivity index (χ1v) is 7.99. The number of halogens is 1. The average molecular weight is 309 g/mol. The van der Waals surface area contributed by atoms with Crippen LogP contribution in [-0.4, -0.2) is 20.1 Å². The van der Waals surface area contributed by atoms with E-state index in [0.717, 1.165) is 12.1 Å². The Morgan fingerprint density at radius 1 is 1.40 bits per heavy atom. The van der Waals surface area contributed by atoms with Crippen LogP contribution in [0, 0.1) is 0 Å². The zero-order valence-electron chi connectivity index (χ0n) is 11.5. The van der Waals surface area contributed by atoms with Crippen LogP contribution >= 0.6 is 23.4 Å². The Labute approximate surface area is 128 Å². The molecule has 1 aromatic carbocycles. The molecule has 0 fully saturated rings. The Hall–Kier alpha value is -0.970. The third kappa shape index (κ3) is 2.36. The van der Waals surface area contributed by atoms with E-state index >= 15 is 0 Å². The Morgan fingerprint density at radius 3 is 2.85 bits per heavy atom. The van der Waals surface area contributed by atoms with Gasteiger partial charge in [-0.15, -0.1) is 11.8 Å². The Balaban J connectivity index is 1.88. The average Bonchev–Trinajstić information content (AvgIpc) is 3.01. The monoisotopic (exact) mass is 308 g/mol. The molecule has 0 saturated heterocycles. The standard InChI is InChI=1S/C15H17ClN2OS/c1-9(2)18-14(11(16)8-17-18)15(19)13-7-10-5-3-4-6-12(10)20-13/h3-6,8-9,13,15,19H,7H2,1-2H3. The summed E-state index contributed by atoms with van der Waals surface area (Å²) < 4.78 is 1.82. The lowest BCUT2D eigenvalue weighted by Gasteiger charge is -2.20. The van der Waals surface area contributed by atoms with Crippen LogP contribution in [0.3, 0.4) is 0 Å². The summed E-state index contributed by atoms with van der Waals surface area (Å²) in [5, 5.41) is 15.6. The molecule has 106 valence electrons. The minimum Gasteiger partial charge on any atom is -0.386 e. The molecule has 0 bridgehead atoms. The van der Waals surface area contributed by atoms with Gasteiger partial charge in [-0.3, -0.25) is 4.68 Å². The molecule has 2 heterocycles. The molecule has 20 heavy (non-hydrogen) atoms. The molecule has 5 heteroatoms. The van der Waals surface area contributed by atoms with Crippen LogP contribution in [0.15, 0.2) is 35.4 Å². The molecule has 1 N–H and O–H groups in total. The summed E-state index contributed by atoms with van der Waals surface area (Å²) in [5.74, 6) is 0. The molecular weight excluding hydrogens is 292 g/mol. The zero-order valence-corrected chi connectivity index (χ0v) is 13.0. The van der Waals surface area contributed by atoms with Crippen molar-refractivity contribution in [1.82, 2.24) is 9.78 Å². The Morgan fingerprint density at radius 2 is 2.15 bits per heavy atom. The lowest BCUT2D eigenvalue weighted by Crippen LogP contribution is -2.20. The third-order valence-electron chi connectivity index (χ3n) is 3.58. The van der Waals surface area contributed by atoms with E-state index in [-0.39, 0.29) is 11.3 Å². The highest BCUT2D eigenvalue weighted by atomic mass is 35.5. The molecule has 3 rings (SSSR count). The molecule has 2 aromatic rings. The van der Waals surface area contributed by atoms with E-state index in [1.807, 2.05) is 30.7 Å². The molecule has 0 amide bonds.